The van der Waals surface area contributed by atoms with Crippen LogP contribution in [0.5, 0.6) is 0 Å². The van der Waals surface area contributed by atoms with Crippen LogP contribution in [0.25, 0.3) is 40.0 Å². The third-order valence-electron chi connectivity index (χ3n) is 8.30. The Morgan fingerprint density at radius 2 is 0.880 bits per heavy atom. The van der Waals surface area contributed by atoms with Gasteiger partial charge < -0.3 is 15.2 Å². The molecule has 1 heterocycles. The van der Waals surface area contributed by atoms with Crippen molar-refractivity contribution in [3.05, 3.63) is 210 Å². The minimum Gasteiger partial charge on any atom is -0.356 e. The summed E-state index contributed by atoms with van der Waals surface area (Å²) in [6.45, 7) is 0. The second-order valence-corrected chi connectivity index (χ2v) is 12.7. The zero-order valence-electron chi connectivity index (χ0n) is 27.5. The van der Waals surface area contributed by atoms with Gasteiger partial charge in [0.15, 0.2) is 0 Å². The molecule has 0 spiro atoms. The number of rotatable bonds is 8. The Balaban J connectivity index is 0.000000170. The van der Waals surface area contributed by atoms with E-state index in [4.69, 9.17) is 0 Å². The fraction of sp³-hybridized carbons (Fsp3) is 0. The van der Waals surface area contributed by atoms with Gasteiger partial charge in [-0.05, 0) is 90.0 Å². The summed E-state index contributed by atoms with van der Waals surface area (Å²) in [4.78, 5) is 0. The molecule has 7 aromatic carbocycles. The number of nitrogens with one attached hydrogen (secondary N) is 2. The molecule has 0 aliphatic rings. The first kappa shape index (κ1) is 32.4. The lowest BCUT2D eigenvalue weighted by Crippen LogP contribution is -1.97. The van der Waals surface area contributed by atoms with Crippen LogP contribution >= 0.6 is 15.9 Å². The maximum Gasteiger partial charge on any atom is 0.0613 e. The molecule has 3 nitrogen and oxygen atoms in total. The number of benzene rings is 7. The highest BCUT2D eigenvalue weighted by Crippen LogP contribution is 2.37. The van der Waals surface area contributed by atoms with Gasteiger partial charge in [-0.3, -0.25) is 0 Å². The minimum atomic E-state index is 1.08. The lowest BCUT2D eigenvalue weighted by molar-refractivity contribution is 1.13. The lowest BCUT2D eigenvalue weighted by atomic mass is 10.0. The second kappa shape index (κ2) is 15.9. The molecule has 0 atom stereocenters. The Labute approximate surface area is 302 Å². The number of anilines is 4. The van der Waals surface area contributed by atoms with E-state index in [0.717, 1.165) is 32.9 Å². The van der Waals surface area contributed by atoms with Crippen LogP contribution in [0.15, 0.2) is 199 Å². The van der Waals surface area contributed by atoms with E-state index in [1.807, 2.05) is 36.4 Å². The molecular formula is C46H36BrN3. The first-order chi connectivity index (χ1) is 24.7. The zero-order valence-corrected chi connectivity index (χ0v) is 29.0. The number of hydrogen-bond acceptors (Lipinski definition) is 2. The normalized spacial score (nSPS) is 10.8. The van der Waals surface area contributed by atoms with Crippen molar-refractivity contribution in [3.63, 3.8) is 0 Å². The number of fused-ring (bicyclic) bond motifs is 1. The molecule has 1 aromatic heterocycles. The summed E-state index contributed by atoms with van der Waals surface area (Å²) in [5, 5.41) is 7.98. The van der Waals surface area contributed by atoms with Crippen LogP contribution in [0.4, 0.5) is 22.7 Å². The highest BCUT2D eigenvalue weighted by atomic mass is 79.9. The third kappa shape index (κ3) is 7.95. The maximum absolute atomic E-state index is 3.52. The van der Waals surface area contributed by atoms with Crippen LogP contribution in [-0.2, 0) is 0 Å². The van der Waals surface area contributed by atoms with Gasteiger partial charge >= 0.3 is 0 Å². The van der Waals surface area contributed by atoms with Crippen molar-refractivity contribution in [2.45, 2.75) is 0 Å². The Hall–Kier alpha value is -6.10. The summed E-state index contributed by atoms with van der Waals surface area (Å²) in [5.74, 6) is 0. The molecule has 50 heavy (non-hydrogen) atoms. The van der Waals surface area contributed by atoms with E-state index in [1.54, 1.807) is 0 Å². The molecule has 0 bridgehead atoms. The van der Waals surface area contributed by atoms with Gasteiger partial charge in [0.05, 0.1) is 11.2 Å². The third-order valence-corrected chi connectivity index (χ3v) is 8.83. The van der Waals surface area contributed by atoms with Gasteiger partial charge in [0.25, 0.3) is 0 Å². The molecule has 0 radical (unpaired) electrons. The summed E-state index contributed by atoms with van der Waals surface area (Å²) >= 11 is 3.52. The van der Waals surface area contributed by atoms with E-state index < -0.39 is 0 Å². The number of aromatic nitrogens is 1. The van der Waals surface area contributed by atoms with Gasteiger partial charge in [0.2, 0.25) is 0 Å². The lowest BCUT2D eigenvalue weighted by Gasteiger charge is -2.12. The zero-order chi connectivity index (χ0) is 34.0. The van der Waals surface area contributed by atoms with Crippen molar-refractivity contribution in [1.29, 1.82) is 0 Å². The largest absolute Gasteiger partial charge is 0.356 e. The fourth-order valence-electron chi connectivity index (χ4n) is 5.93. The molecule has 0 unspecified atom stereocenters. The van der Waals surface area contributed by atoms with Crippen LogP contribution in [-0.4, -0.2) is 4.57 Å². The monoisotopic (exact) mass is 709 g/mol. The molecule has 2 N–H and O–H groups in total. The molecule has 0 aliphatic heterocycles. The summed E-state index contributed by atoms with van der Waals surface area (Å²) in [7, 11) is 0. The average Bonchev–Trinajstić information content (AvgIpc) is 3.51. The number of halogens is 1. The topological polar surface area (TPSA) is 29.0 Å². The highest BCUT2D eigenvalue weighted by molar-refractivity contribution is 9.10. The SMILES string of the molecule is Brc1ccc(/C=C/c2c(-c3ccccc3)n(-c3ccccc3)c3ccccc23)cc1.c1ccc(Nc2ccc(Nc3ccccc3)cc2)cc1. The van der Waals surface area contributed by atoms with Gasteiger partial charge in [0, 0.05) is 43.9 Å². The standard InChI is InChI=1S/C28H20BrN.C18H16N2/c29-23-18-15-21(16-19-23)17-20-26-25-13-7-8-14-27(25)30(24-11-5-2-6-12-24)28(26)22-9-3-1-4-10-22;1-3-7-15(8-4-1)19-17-11-13-18(14-12-17)20-16-9-5-2-6-10-16/h1-20H;1-14,19-20H/b20-17+;. The van der Waals surface area contributed by atoms with Crippen LogP contribution < -0.4 is 10.6 Å². The van der Waals surface area contributed by atoms with Crippen molar-refractivity contribution in [2.24, 2.45) is 0 Å². The van der Waals surface area contributed by atoms with Crippen LogP contribution in [0.3, 0.4) is 0 Å². The first-order valence-corrected chi connectivity index (χ1v) is 17.4. The fourth-order valence-corrected chi connectivity index (χ4v) is 6.19. The van der Waals surface area contributed by atoms with E-state index in [1.165, 1.54) is 33.3 Å². The molecule has 4 heteroatoms. The van der Waals surface area contributed by atoms with Gasteiger partial charge in [0.1, 0.15) is 0 Å². The predicted molar refractivity (Wildman–Crippen MR) is 218 cm³/mol. The van der Waals surface area contributed by atoms with Gasteiger partial charge in [-0.2, -0.15) is 0 Å². The molecule has 8 aromatic rings. The van der Waals surface area contributed by atoms with Crippen LogP contribution in [0.2, 0.25) is 0 Å². The molecule has 0 saturated heterocycles. The number of hydrogen-bond donors (Lipinski definition) is 2. The molecule has 0 saturated carbocycles. The molecule has 0 amide bonds. The molecule has 242 valence electrons. The maximum atomic E-state index is 3.52. The van der Waals surface area contributed by atoms with E-state index in [2.05, 4.69) is 201 Å². The van der Waals surface area contributed by atoms with Crippen molar-refractivity contribution < 1.29 is 0 Å². The summed E-state index contributed by atoms with van der Waals surface area (Å²) in [6.07, 6.45) is 4.43. The van der Waals surface area contributed by atoms with Crippen LogP contribution in [0, 0.1) is 0 Å². The van der Waals surface area contributed by atoms with Gasteiger partial charge in [-0.25, -0.2) is 0 Å². The van der Waals surface area contributed by atoms with E-state index >= 15 is 0 Å². The van der Waals surface area contributed by atoms with Gasteiger partial charge in [-0.15, -0.1) is 0 Å². The Morgan fingerprint density at radius 3 is 1.44 bits per heavy atom. The molecular weight excluding hydrogens is 674 g/mol. The predicted octanol–water partition coefficient (Wildman–Crippen LogP) is 13.4. The summed E-state index contributed by atoms with van der Waals surface area (Å²) in [5.41, 5.74) is 11.5. The van der Waals surface area contributed by atoms with Gasteiger partial charge in [-0.1, -0.05) is 143 Å². The van der Waals surface area contributed by atoms with E-state index in [-0.39, 0.29) is 0 Å². The van der Waals surface area contributed by atoms with Crippen molar-refractivity contribution >= 4 is 61.7 Å². The minimum absolute atomic E-state index is 1.08. The number of para-hydroxylation sites is 4. The van der Waals surface area contributed by atoms with E-state index in [0.29, 0.717) is 0 Å². The van der Waals surface area contributed by atoms with Crippen molar-refractivity contribution in [3.8, 4) is 16.9 Å². The van der Waals surface area contributed by atoms with Crippen LogP contribution in [0.1, 0.15) is 11.1 Å². The Bertz CT molecular complexity index is 2220. The number of nitrogens with zero attached hydrogens (tertiary/aromatic N) is 1. The highest BCUT2D eigenvalue weighted by Gasteiger charge is 2.18. The average molecular weight is 711 g/mol. The van der Waals surface area contributed by atoms with E-state index in [9.17, 15) is 0 Å². The first-order valence-electron chi connectivity index (χ1n) is 16.6. The quantitative estimate of drug-likeness (QED) is 0.164. The molecule has 0 fully saturated rings. The second-order valence-electron chi connectivity index (χ2n) is 11.8. The molecule has 8 rings (SSSR count). The smallest absolute Gasteiger partial charge is 0.0613 e. The van der Waals surface area contributed by atoms with Crippen molar-refractivity contribution in [1.82, 2.24) is 4.57 Å². The molecule has 0 aliphatic carbocycles. The van der Waals surface area contributed by atoms with Crippen molar-refractivity contribution in [2.75, 3.05) is 10.6 Å². The summed E-state index contributed by atoms with van der Waals surface area (Å²) < 4.78 is 3.46. The summed E-state index contributed by atoms with van der Waals surface area (Å²) in [6, 6.07) is 66.8. The Kier molecular flexibility index (Phi) is 10.3. The Morgan fingerprint density at radius 1 is 0.420 bits per heavy atom.